The van der Waals surface area contributed by atoms with Crippen LogP contribution in [0.25, 0.3) is 0 Å². The summed E-state index contributed by atoms with van der Waals surface area (Å²) in [7, 11) is 0. The molecule has 0 saturated carbocycles. The zero-order valence-electron chi connectivity index (χ0n) is 13.7. The molecule has 0 saturated heterocycles. The molecule has 0 spiro atoms. The number of para-hydroxylation sites is 1. The van der Waals surface area contributed by atoms with E-state index in [4.69, 9.17) is 5.26 Å². The van der Waals surface area contributed by atoms with Crippen molar-refractivity contribution in [3.63, 3.8) is 0 Å². The number of carbonyl (C=O) groups excluding carboxylic acids is 1. The first kappa shape index (κ1) is 17.8. The first-order chi connectivity index (χ1) is 10.6. The van der Waals surface area contributed by atoms with E-state index in [1.54, 1.807) is 0 Å². The lowest BCUT2D eigenvalue weighted by Gasteiger charge is -2.12. The smallest absolute Gasteiger partial charge is 0.267 e. The Balaban J connectivity index is 2.74. The number of amides is 1. The number of nitrogens with one attached hydrogen (secondary N) is 2. The monoisotopic (exact) mass is 299 g/mol. The molecule has 22 heavy (non-hydrogen) atoms. The highest BCUT2D eigenvalue weighted by atomic mass is 16.1. The molecule has 118 valence electrons. The number of rotatable bonds is 8. The first-order valence-corrected chi connectivity index (χ1v) is 7.87. The van der Waals surface area contributed by atoms with Gasteiger partial charge in [0, 0.05) is 18.4 Å². The highest BCUT2D eigenvalue weighted by Crippen LogP contribution is 2.21. The van der Waals surface area contributed by atoms with Gasteiger partial charge in [0.2, 0.25) is 0 Å². The van der Waals surface area contributed by atoms with Gasteiger partial charge in [0.1, 0.15) is 11.6 Å². The van der Waals surface area contributed by atoms with Gasteiger partial charge < -0.3 is 10.6 Å². The molecular weight excluding hydrogens is 274 g/mol. The summed E-state index contributed by atoms with van der Waals surface area (Å²) in [5.74, 6) is -0.366. The Hall–Kier alpha value is -2.28. The SMILES string of the molecule is CCCCCN/C=C(/C#N)C(=O)Nc1c(C)cccc1CC. The van der Waals surface area contributed by atoms with Gasteiger partial charge in [0.15, 0.2) is 0 Å². The van der Waals surface area contributed by atoms with E-state index in [0.717, 1.165) is 49.0 Å². The van der Waals surface area contributed by atoms with Crippen molar-refractivity contribution in [3.8, 4) is 6.07 Å². The second-order valence-electron chi connectivity index (χ2n) is 5.25. The zero-order chi connectivity index (χ0) is 16.4. The Morgan fingerprint density at radius 1 is 1.32 bits per heavy atom. The quantitative estimate of drug-likeness (QED) is 0.437. The summed E-state index contributed by atoms with van der Waals surface area (Å²) in [4.78, 5) is 12.2. The third-order valence-electron chi connectivity index (χ3n) is 3.51. The lowest BCUT2D eigenvalue weighted by Crippen LogP contribution is -2.18. The predicted molar refractivity (Wildman–Crippen MR) is 90.4 cm³/mol. The first-order valence-electron chi connectivity index (χ1n) is 7.87. The Labute approximate surface area is 133 Å². The molecule has 0 heterocycles. The van der Waals surface area contributed by atoms with Crippen molar-refractivity contribution in [1.82, 2.24) is 5.32 Å². The fourth-order valence-corrected chi connectivity index (χ4v) is 2.18. The number of anilines is 1. The number of nitrogens with zero attached hydrogens (tertiary/aromatic N) is 1. The van der Waals surface area contributed by atoms with E-state index in [9.17, 15) is 4.79 Å². The zero-order valence-corrected chi connectivity index (χ0v) is 13.7. The van der Waals surface area contributed by atoms with E-state index in [-0.39, 0.29) is 11.5 Å². The van der Waals surface area contributed by atoms with Crippen LogP contribution in [-0.2, 0) is 11.2 Å². The highest BCUT2D eigenvalue weighted by molar-refractivity contribution is 6.07. The molecule has 1 aromatic rings. The highest BCUT2D eigenvalue weighted by Gasteiger charge is 2.12. The molecule has 1 rings (SSSR count). The standard InChI is InChI=1S/C18H25N3O/c1-4-6-7-11-20-13-16(12-19)18(22)21-17-14(3)9-8-10-15(17)5-2/h8-10,13,20H,4-7,11H2,1-3H3,(H,21,22)/b16-13-. The Morgan fingerprint density at radius 3 is 2.73 bits per heavy atom. The Bertz CT molecular complexity index is 570. The fourth-order valence-electron chi connectivity index (χ4n) is 2.18. The maximum atomic E-state index is 12.2. The van der Waals surface area contributed by atoms with Crippen molar-refractivity contribution in [2.24, 2.45) is 0 Å². The molecule has 0 aliphatic heterocycles. The largest absolute Gasteiger partial charge is 0.390 e. The summed E-state index contributed by atoms with van der Waals surface area (Å²) in [6, 6.07) is 7.87. The van der Waals surface area contributed by atoms with Crippen molar-refractivity contribution in [2.45, 2.75) is 46.5 Å². The van der Waals surface area contributed by atoms with Gasteiger partial charge >= 0.3 is 0 Å². The number of aryl methyl sites for hydroxylation is 2. The van der Waals surface area contributed by atoms with Gasteiger partial charge in [-0.05, 0) is 30.9 Å². The van der Waals surface area contributed by atoms with Gasteiger partial charge in [-0.1, -0.05) is 44.9 Å². The van der Waals surface area contributed by atoms with Crippen LogP contribution in [0.1, 0.15) is 44.2 Å². The molecule has 0 aromatic heterocycles. The molecule has 0 unspecified atom stereocenters. The van der Waals surface area contributed by atoms with E-state index in [0.29, 0.717) is 0 Å². The molecule has 4 nitrogen and oxygen atoms in total. The van der Waals surface area contributed by atoms with Crippen LogP contribution >= 0.6 is 0 Å². The molecule has 2 N–H and O–H groups in total. The number of carbonyl (C=O) groups is 1. The van der Waals surface area contributed by atoms with E-state index in [2.05, 4.69) is 17.6 Å². The van der Waals surface area contributed by atoms with E-state index < -0.39 is 0 Å². The Morgan fingerprint density at radius 2 is 2.09 bits per heavy atom. The minimum absolute atomic E-state index is 0.0989. The van der Waals surface area contributed by atoms with Crippen LogP contribution in [0.15, 0.2) is 30.0 Å². The van der Waals surface area contributed by atoms with Gasteiger partial charge in [-0.3, -0.25) is 4.79 Å². The summed E-state index contributed by atoms with van der Waals surface area (Å²) in [6.07, 6.45) is 5.65. The Kier molecular flexibility index (Phi) is 7.77. The van der Waals surface area contributed by atoms with Crippen molar-refractivity contribution in [3.05, 3.63) is 41.1 Å². The van der Waals surface area contributed by atoms with E-state index in [1.165, 1.54) is 6.20 Å². The molecule has 0 fully saturated rings. The molecule has 0 aliphatic rings. The fraction of sp³-hybridized carbons (Fsp3) is 0.444. The minimum Gasteiger partial charge on any atom is -0.390 e. The molecular formula is C18H25N3O. The number of hydrogen-bond donors (Lipinski definition) is 2. The van der Waals surface area contributed by atoms with Gasteiger partial charge in [0.25, 0.3) is 5.91 Å². The average Bonchev–Trinajstić information content (AvgIpc) is 2.52. The van der Waals surface area contributed by atoms with Crippen LogP contribution in [0.2, 0.25) is 0 Å². The number of hydrogen-bond acceptors (Lipinski definition) is 3. The maximum Gasteiger partial charge on any atom is 0.267 e. The summed E-state index contributed by atoms with van der Waals surface area (Å²) in [5, 5.41) is 15.1. The van der Waals surface area contributed by atoms with Crippen molar-refractivity contribution in [2.75, 3.05) is 11.9 Å². The number of benzene rings is 1. The van der Waals surface area contributed by atoms with Crippen molar-refractivity contribution >= 4 is 11.6 Å². The summed E-state index contributed by atoms with van der Waals surface area (Å²) >= 11 is 0. The molecule has 0 radical (unpaired) electrons. The van der Waals surface area contributed by atoms with Crippen molar-refractivity contribution < 1.29 is 4.79 Å². The van der Waals surface area contributed by atoms with Crippen molar-refractivity contribution in [1.29, 1.82) is 5.26 Å². The van der Waals surface area contributed by atoms with Crippen LogP contribution in [0.5, 0.6) is 0 Å². The van der Waals surface area contributed by atoms with Gasteiger partial charge in [-0.15, -0.1) is 0 Å². The minimum atomic E-state index is -0.366. The number of nitriles is 1. The van der Waals surface area contributed by atoms with Crippen LogP contribution < -0.4 is 10.6 Å². The van der Waals surface area contributed by atoms with Crippen LogP contribution in [-0.4, -0.2) is 12.5 Å². The predicted octanol–water partition coefficient (Wildman–Crippen LogP) is 3.68. The molecule has 0 atom stereocenters. The second-order valence-corrected chi connectivity index (χ2v) is 5.25. The van der Waals surface area contributed by atoms with E-state index in [1.807, 2.05) is 38.1 Å². The molecule has 4 heteroatoms. The lowest BCUT2D eigenvalue weighted by molar-refractivity contribution is -0.112. The normalized spacial score (nSPS) is 10.9. The molecule has 1 aromatic carbocycles. The third-order valence-corrected chi connectivity index (χ3v) is 3.51. The molecule has 1 amide bonds. The van der Waals surface area contributed by atoms with E-state index >= 15 is 0 Å². The summed E-state index contributed by atoms with van der Waals surface area (Å²) in [6.45, 7) is 6.91. The topological polar surface area (TPSA) is 64.9 Å². The third kappa shape index (κ3) is 5.25. The lowest BCUT2D eigenvalue weighted by atomic mass is 10.1. The molecule has 0 bridgehead atoms. The van der Waals surface area contributed by atoms with Crippen LogP contribution in [0.3, 0.4) is 0 Å². The summed E-state index contributed by atoms with van der Waals surface area (Å²) < 4.78 is 0. The molecule has 0 aliphatic carbocycles. The van der Waals surface area contributed by atoms with Crippen LogP contribution in [0, 0.1) is 18.3 Å². The van der Waals surface area contributed by atoms with Gasteiger partial charge in [-0.25, -0.2) is 0 Å². The average molecular weight is 299 g/mol. The van der Waals surface area contributed by atoms with Crippen LogP contribution in [0.4, 0.5) is 5.69 Å². The number of unbranched alkanes of at least 4 members (excludes halogenated alkanes) is 2. The van der Waals surface area contributed by atoms with Gasteiger partial charge in [0.05, 0.1) is 0 Å². The van der Waals surface area contributed by atoms with Gasteiger partial charge in [-0.2, -0.15) is 5.26 Å². The summed E-state index contributed by atoms with van der Waals surface area (Å²) in [5.41, 5.74) is 2.98. The maximum absolute atomic E-state index is 12.2. The second kappa shape index (κ2) is 9.62.